The van der Waals surface area contributed by atoms with Gasteiger partial charge in [0, 0.05) is 18.8 Å². The van der Waals surface area contributed by atoms with Crippen molar-refractivity contribution < 1.29 is 24.5 Å². The van der Waals surface area contributed by atoms with E-state index in [1.54, 1.807) is 6.07 Å². The number of nitrogens with zero attached hydrogens (tertiary/aromatic N) is 2. The maximum absolute atomic E-state index is 11.9. The van der Waals surface area contributed by atoms with Crippen molar-refractivity contribution in [3.63, 3.8) is 0 Å². The second kappa shape index (κ2) is 10.2. The van der Waals surface area contributed by atoms with Crippen LogP contribution in [0.5, 0.6) is 5.75 Å². The van der Waals surface area contributed by atoms with Crippen LogP contribution in [0.15, 0.2) is 60.8 Å². The molecule has 194 valence electrons. The highest BCUT2D eigenvalue weighted by Crippen LogP contribution is 2.43. The van der Waals surface area contributed by atoms with E-state index in [-0.39, 0.29) is 11.1 Å². The van der Waals surface area contributed by atoms with Crippen LogP contribution in [0, 0.1) is 13.8 Å². The molecule has 7 heteroatoms. The molecule has 1 aliphatic carbocycles. The number of aromatic nitrogens is 2. The summed E-state index contributed by atoms with van der Waals surface area (Å²) < 4.78 is 8.17. The van der Waals surface area contributed by atoms with Gasteiger partial charge < -0.3 is 14.9 Å². The first-order valence-electron chi connectivity index (χ1n) is 12.7. The lowest BCUT2D eigenvalue weighted by Gasteiger charge is -2.18. The van der Waals surface area contributed by atoms with Crippen LogP contribution in [0.4, 0.5) is 0 Å². The highest BCUT2D eigenvalue weighted by molar-refractivity contribution is 5.95. The topological polar surface area (TPSA) is 102 Å². The van der Waals surface area contributed by atoms with E-state index in [0.717, 1.165) is 52.1 Å². The van der Waals surface area contributed by atoms with Crippen LogP contribution in [-0.4, -0.2) is 31.9 Å². The van der Waals surface area contributed by atoms with E-state index in [4.69, 9.17) is 4.74 Å². The van der Waals surface area contributed by atoms with Crippen molar-refractivity contribution in [1.82, 2.24) is 9.78 Å². The summed E-state index contributed by atoms with van der Waals surface area (Å²) in [5.41, 5.74) is 7.94. The number of benzene rings is 3. The van der Waals surface area contributed by atoms with E-state index in [9.17, 15) is 19.8 Å². The summed E-state index contributed by atoms with van der Waals surface area (Å²) in [5, 5.41) is 23.6. The number of hydrogen-bond acceptors (Lipinski definition) is 4. The van der Waals surface area contributed by atoms with E-state index in [1.807, 2.05) is 56.0 Å². The van der Waals surface area contributed by atoms with Crippen molar-refractivity contribution in [1.29, 1.82) is 0 Å². The van der Waals surface area contributed by atoms with E-state index < -0.39 is 11.9 Å². The van der Waals surface area contributed by atoms with Gasteiger partial charge in [-0.1, -0.05) is 24.3 Å². The zero-order valence-corrected chi connectivity index (χ0v) is 21.7. The van der Waals surface area contributed by atoms with Gasteiger partial charge in [-0.3, -0.25) is 4.68 Å². The Morgan fingerprint density at radius 2 is 1.76 bits per heavy atom. The maximum atomic E-state index is 11.9. The summed E-state index contributed by atoms with van der Waals surface area (Å²) in [7, 11) is 1.91. The molecule has 0 aliphatic heterocycles. The lowest BCUT2D eigenvalue weighted by Crippen LogP contribution is -2.09. The summed E-state index contributed by atoms with van der Waals surface area (Å²) in [5.74, 6) is -1.02. The van der Waals surface area contributed by atoms with Gasteiger partial charge in [-0.05, 0) is 103 Å². The summed E-state index contributed by atoms with van der Waals surface area (Å²) in [6, 6.07) is 16.5. The van der Waals surface area contributed by atoms with Gasteiger partial charge in [0.1, 0.15) is 12.4 Å². The Kier molecular flexibility index (Phi) is 6.76. The number of aromatic carboxylic acids is 2. The van der Waals surface area contributed by atoms with Crippen molar-refractivity contribution in [2.24, 2.45) is 7.05 Å². The minimum absolute atomic E-state index is 0.00448. The normalized spacial score (nSPS) is 12.9. The lowest BCUT2D eigenvalue weighted by atomic mass is 9.91. The number of carboxylic acid groups (broad SMARTS) is 2. The van der Waals surface area contributed by atoms with Gasteiger partial charge in [-0.2, -0.15) is 5.10 Å². The molecule has 38 heavy (non-hydrogen) atoms. The summed E-state index contributed by atoms with van der Waals surface area (Å²) in [4.78, 5) is 23.3. The van der Waals surface area contributed by atoms with Gasteiger partial charge in [0.25, 0.3) is 0 Å². The quantitative estimate of drug-likeness (QED) is 0.280. The van der Waals surface area contributed by atoms with E-state index in [0.29, 0.717) is 24.5 Å². The highest BCUT2D eigenvalue weighted by Gasteiger charge is 2.27. The standard InChI is InChI=1S/C31H30N2O5/c1-18-13-23(29-19(2)16-33(3)32-29)11-12-28(18)38-17-27-21(5-4-6-25(27)20-7-8-20)14-22-9-10-24(30(34)35)15-26(22)31(36)37/h4-6,9-13,15-16,20H,7-8,14,17H2,1-3H3,(H,34,35)(H,36,37). The maximum Gasteiger partial charge on any atom is 0.336 e. The third-order valence-corrected chi connectivity index (χ3v) is 7.13. The molecule has 0 atom stereocenters. The Morgan fingerprint density at radius 1 is 0.974 bits per heavy atom. The SMILES string of the molecule is Cc1cc(-c2nn(C)cc2C)ccc1OCc1c(Cc2ccc(C(=O)O)cc2C(=O)O)cccc1C1CC1. The van der Waals surface area contributed by atoms with Crippen molar-refractivity contribution in [3.05, 3.63) is 105 Å². The molecule has 0 unspecified atom stereocenters. The third-order valence-electron chi connectivity index (χ3n) is 7.13. The molecule has 0 radical (unpaired) electrons. The van der Waals surface area contributed by atoms with E-state index in [2.05, 4.69) is 17.2 Å². The first-order chi connectivity index (χ1) is 18.2. The van der Waals surface area contributed by atoms with Gasteiger partial charge in [-0.15, -0.1) is 0 Å². The molecule has 7 nitrogen and oxygen atoms in total. The number of carbonyl (C=O) groups is 2. The smallest absolute Gasteiger partial charge is 0.336 e. The molecule has 5 rings (SSSR count). The molecule has 1 aliphatic rings. The van der Waals surface area contributed by atoms with Crippen LogP contribution in [0.3, 0.4) is 0 Å². The summed E-state index contributed by atoms with van der Waals surface area (Å²) in [6.45, 7) is 4.43. The predicted octanol–water partition coefficient (Wildman–Crippen LogP) is 6.15. The molecule has 1 heterocycles. The van der Waals surface area contributed by atoms with E-state index >= 15 is 0 Å². The average Bonchev–Trinajstić information content (AvgIpc) is 3.66. The van der Waals surface area contributed by atoms with Gasteiger partial charge in [0.2, 0.25) is 0 Å². The van der Waals surface area contributed by atoms with Crippen LogP contribution in [0.2, 0.25) is 0 Å². The van der Waals surface area contributed by atoms with Gasteiger partial charge in [-0.25, -0.2) is 9.59 Å². The number of carboxylic acids is 2. The first kappa shape index (κ1) is 25.3. The van der Waals surface area contributed by atoms with Gasteiger partial charge in [0.05, 0.1) is 16.8 Å². The first-order valence-corrected chi connectivity index (χ1v) is 12.7. The van der Waals surface area contributed by atoms with Crippen molar-refractivity contribution >= 4 is 11.9 Å². The zero-order valence-electron chi connectivity index (χ0n) is 21.7. The molecule has 1 fully saturated rings. The molecule has 4 aromatic rings. The molecule has 0 amide bonds. The Morgan fingerprint density at radius 3 is 2.39 bits per heavy atom. The summed E-state index contributed by atoms with van der Waals surface area (Å²) in [6.07, 6.45) is 4.62. The molecule has 0 bridgehead atoms. The highest BCUT2D eigenvalue weighted by atomic mass is 16.5. The van der Waals surface area contributed by atoms with Crippen LogP contribution in [-0.2, 0) is 20.1 Å². The van der Waals surface area contributed by atoms with Crippen molar-refractivity contribution in [2.75, 3.05) is 0 Å². The number of ether oxygens (including phenoxy) is 1. The largest absolute Gasteiger partial charge is 0.489 e. The monoisotopic (exact) mass is 510 g/mol. The predicted molar refractivity (Wildman–Crippen MR) is 144 cm³/mol. The Hall–Kier alpha value is -4.39. The molecule has 2 N–H and O–H groups in total. The van der Waals surface area contributed by atoms with Crippen molar-refractivity contribution in [2.45, 2.75) is 45.6 Å². The molecule has 0 spiro atoms. The van der Waals surface area contributed by atoms with Crippen molar-refractivity contribution in [3.8, 4) is 17.0 Å². The Balaban J connectivity index is 1.44. The van der Waals surface area contributed by atoms with Crippen LogP contribution in [0.25, 0.3) is 11.3 Å². The fourth-order valence-electron chi connectivity index (χ4n) is 5.04. The van der Waals surface area contributed by atoms with Crippen LogP contribution >= 0.6 is 0 Å². The molecule has 1 aromatic heterocycles. The lowest BCUT2D eigenvalue weighted by molar-refractivity contribution is 0.0695. The summed E-state index contributed by atoms with van der Waals surface area (Å²) >= 11 is 0. The Labute approximate surface area is 221 Å². The average molecular weight is 511 g/mol. The fourth-order valence-corrected chi connectivity index (χ4v) is 5.04. The van der Waals surface area contributed by atoms with Crippen LogP contribution in [0.1, 0.15) is 72.9 Å². The molecular formula is C31H30N2O5. The molecule has 3 aromatic carbocycles. The zero-order chi connectivity index (χ0) is 27.0. The van der Waals surface area contributed by atoms with E-state index in [1.165, 1.54) is 17.7 Å². The van der Waals surface area contributed by atoms with Crippen LogP contribution < -0.4 is 4.74 Å². The van der Waals surface area contributed by atoms with Gasteiger partial charge in [0.15, 0.2) is 0 Å². The van der Waals surface area contributed by atoms with Gasteiger partial charge >= 0.3 is 11.9 Å². The minimum Gasteiger partial charge on any atom is -0.489 e. The third kappa shape index (κ3) is 5.18. The fraction of sp³-hybridized carbons (Fsp3) is 0.258. The molecule has 0 saturated heterocycles. The number of aryl methyl sites for hydroxylation is 3. The Bertz CT molecular complexity index is 1550. The number of hydrogen-bond donors (Lipinski definition) is 2. The second-order valence-electron chi connectivity index (χ2n) is 10.0. The number of rotatable bonds is 9. The second-order valence-corrected chi connectivity index (χ2v) is 10.0. The molecule has 1 saturated carbocycles. The molecular weight excluding hydrogens is 480 g/mol. The minimum atomic E-state index is -1.15.